The highest BCUT2D eigenvalue weighted by Crippen LogP contribution is 2.19. The second-order valence-electron chi connectivity index (χ2n) is 5.95. The van der Waals surface area contributed by atoms with Crippen LogP contribution >= 0.6 is 0 Å². The van der Waals surface area contributed by atoms with Crippen LogP contribution < -0.4 is 10.6 Å². The van der Waals surface area contributed by atoms with Crippen LogP contribution in [0, 0.1) is 0 Å². The summed E-state index contributed by atoms with van der Waals surface area (Å²) in [7, 11) is -3.21. The third-order valence-corrected chi connectivity index (χ3v) is 6.19. The Morgan fingerprint density at radius 3 is 2.54 bits per heavy atom. The molecule has 0 spiro atoms. The Labute approximate surface area is 147 Å². The third kappa shape index (κ3) is 7.66. The number of nitrogens with one attached hydrogen (secondary N) is 2. The van der Waals surface area contributed by atoms with Crippen molar-refractivity contribution in [2.45, 2.75) is 52.9 Å². The van der Waals surface area contributed by atoms with Crippen molar-refractivity contribution in [1.29, 1.82) is 0 Å². The SMILES string of the molecule is CCNC(=NCCS(=O)(=O)N(CC)CC)NCCC1=CCCCC1. The Balaban J connectivity index is 2.45. The average Bonchev–Trinajstić information content (AvgIpc) is 2.56. The summed E-state index contributed by atoms with van der Waals surface area (Å²) in [5, 5.41) is 6.48. The smallest absolute Gasteiger partial charge is 0.215 e. The lowest BCUT2D eigenvalue weighted by Gasteiger charge is -2.18. The molecule has 0 saturated heterocycles. The maximum Gasteiger partial charge on any atom is 0.215 e. The number of aliphatic imine (C=N–C) groups is 1. The number of nitrogens with zero attached hydrogens (tertiary/aromatic N) is 2. The number of allylic oxidation sites excluding steroid dienone is 1. The van der Waals surface area contributed by atoms with Crippen LogP contribution in [0.3, 0.4) is 0 Å². The van der Waals surface area contributed by atoms with Crippen LogP contribution in [-0.4, -0.2) is 57.2 Å². The lowest BCUT2D eigenvalue weighted by atomic mass is 9.97. The molecule has 7 heteroatoms. The summed E-state index contributed by atoms with van der Waals surface area (Å²) in [4.78, 5) is 4.40. The Bertz CT molecular complexity index is 511. The van der Waals surface area contributed by atoms with Gasteiger partial charge in [-0.2, -0.15) is 0 Å². The first-order valence-corrected chi connectivity index (χ1v) is 10.8. The third-order valence-electron chi connectivity index (χ3n) is 4.19. The van der Waals surface area contributed by atoms with Gasteiger partial charge in [0, 0.05) is 26.2 Å². The van der Waals surface area contributed by atoms with Gasteiger partial charge in [-0.05, 0) is 39.0 Å². The fourth-order valence-electron chi connectivity index (χ4n) is 2.83. The molecule has 1 aliphatic carbocycles. The quantitative estimate of drug-likeness (QED) is 0.356. The van der Waals surface area contributed by atoms with Crippen molar-refractivity contribution in [3.63, 3.8) is 0 Å². The highest BCUT2D eigenvalue weighted by atomic mass is 32.2. The number of hydrogen-bond acceptors (Lipinski definition) is 3. The van der Waals surface area contributed by atoms with Crippen molar-refractivity contribution in [3.05, 3.63) is 11.6 Å². The molecule has 6 nitrogen and oxygen atoms in total. The Morgan fingerprint density at radius 1 is 1.21 bits per heavy atom. The molecule has 0 amide bonds. The molecule has 0 heterocycles. The summed E-state index contributed by atoms with van der Waals surface area (Å²) in [6.07, 6.45) is 8.39. The van der Waals surface area contributed by atoms with Gasteiger partial charge in [-0.3, -0.25) is 4.99 Å². The van der Waals surface area contributed by atoms with Crippen LogP contribution in [-0.2, 0) is 10.0 Å². The molecule has 24 heavy (non-hydrogen) atoms. The average molecular weight is 359 g/mol. The molecule has 0 radical (unpaired) electrons. The van der Waals surface area contributed by atoms with E-state index in [1.165, 1.54) is 35.6 Å². The minimum atomic E-state index is -3.21. The summed E-state index contributed by atoms with van der Waals surface area (Å²) in [6, 6.07) is 0. The van der Waals surface area contributed by atoms with E-state index in [4.69, 9.17) is 0 Å². The summed E-state index contributed by atoms with van der Waals surface area (Å²) >= 11 is 0. The van der Waals surface area contributed by atoms with Gasteiger partial charge in [0.2, 0.25) is 10.0 Å². The fraction of sp³-hybridized carbons (Fsp3) is 0.824. The van der Waals surface area contributed by atoms with Gasteiger partial charge in [0.15, 0.2) is 5.96 Å². The van der Waals surface area contributed by atoms with E-state index in [1.807, 2.05) is 20.8 Å². The van der Waals surface area contributed by atoms with E-state index in [0.29, 0.717) is 19.0 Å². The van der Waals surface area contributed by atoms with E-state index >= 15 is 0 Å². The molecule has 0 unspecified atom stereocenters. The molecule has 0 fully saturated rings. The van der Waals surface area contributed by atoms with Crippen molar-refractivity contribution >= 4 is 16.0 Å². The lowest BCUT2D eigenvalue weighted by Crippen LogP contribution is -2.39. The van der Waals surface area contributed by atoms with Crippen molar-refractivity contribution in [3.8, 4) is 0 Å². The topological polar surface area (TPSA) is 73.8 Å². The van der Waals surface area contributed by atoms with Gasteiger partial charge in [-0.1, -0.05) is 25.5 Å². The first-order valence-electron chi connectivity index (χ1n) is 9.21. The number of sulfonamides is 1. The molecule has 140 valence electrons. The van der Waals surface area contributed by atoms with Crippen molar-refractivity contribution in [1.82, 2.24) is 14.9 Å². The second-order valence-corrected chi connectivity index (χ2v) is 8.03. The maximum absolute atomic E-state index is 12.2. The maximum atomic E-state index is 12.2. The molecule has 0 bridgehead atoms. The van der Waals surface area contributed by atoms with Crippen molar-refractivity contribution in [2.75, 3.05) is 38.5 Å². The standard InChI is InChI=1S/C17H34N4O2S/c1-4-18-17(19-13-12-16-10-8-7-9-11-16)20-14-15-24(22,23)21(5-2)6-3/h10H,4-9,11-15H2,1-3H3,(H2,18,19,20). The van der Waals surface area contributed by atoms with Crippen LogP contribution in [0.1, 0.15) is 52.9 Å². The largest absolute Gasteiger partial charge is 0.357 e. The van der Waals surface area contributed by atoms with Crippen LogP contribution in [0.15, 0.2) is 16.6 Å². The monoisotopic (exact) mass is 358 g/mol. The van der Waals surface area contributed by atoms with E-state index in [0.717, 1.165) is 19.5 Å². The van der Waals surface area contributed by atoms with E-state index in [1.54, 1.807) is 0 Å². The molecule has 0 saturated carbocycles. The van der Waals surface area contributed by atoms with Gasteiger partial charge in [0.1, 0.15) is 0 Å². The first-order chi connectivity index (χ1) is 11.5. The van der Waals surface area contributed by atoms with Gasteiger partial charge in [-0.15, -0.1) is 0 Å². The minimum absolute atomic E-state index is 0.0520. The molecule has 2 N–H and O–H groups in total. The van der Waals surface area contributed by atoms with E-state index in [-0.39, 0.29) is 12.3 Å². The molecule has 1 rings (SSSR count). The molecule has 0 aromatic rings. The van der Waals surface area contributed by atoms with Gasteiger partial charge >= 0.3 is 0 Å². The van der Waals surface area contributed by atoms with E-state index in [9.17, 15) is 8.42 Å². The molecule has 0 aromatic heterocycles. The van der Waals surface area contributed by atoms with Crippen LogP contribution in [0.25, 0.3) is 0 Å². The zero-order valence-corrected chi connectivity index (χ0v) is 16.3. The van der Waals surface area contributed by atoms with Crippen LogP contribution in [0.2, 0.25) is 0 Å². The highest BCUT2D eigenvalue weighted by Gasteiger charge is 2.17. The summed E-state index contributed by atoms with van der Waals surface area (Å²) < 4.78 is 25.8. The second kappa shape index (κ2) is 11.5. The number of hydrogen-bond donors (Lipinski definition) is 2. The summed E-state index contributed by atoms with van der Waals surface area (Å²) in [6.45, 7) is 8.61. The highest BCUT2D eigenvalue weighted by molar-refractivity contribution is 7.89. The fourth-order valence-corrected chi connectivity index (χ4v) is 4.20. The normalized spacial score (nSPS) is 16.2. The van der Waals surface area contributed by atoms with Gasteiger partial charge in [0.25, 0.3) is 0 Å². The van der Waals surface area contributed by atoms with Crippen molar-refractivity contribution in [2.24, 2.45) is 4.99 Å². The molecular weight excluding hydrogens is 324 g/mol. The van der Waals surface area contributed by atoms with Gasteiger partial charge in [-0.25, -0.2) is 12.7 Å². The summed E-state index contributed by atoms with van der Waals surface area (Å²) in [5.74, 6) is 0.750. The number of rotatable bonds is 10. The summed E-state index contributed by atoms with van der Waals surface area (Å²) in [5.41, 5.74) is 1.52. The van der Waals surface area contributed by atoms with Gasteiger partial charge in [0.05, 0.1) is 12.3 Å². The van der Waals surface area contributed by atoms with E-state index in [2.05, 4.69) is 21.7 Å². The molecular formula is C17H34N4O2S. The van der Waals surface area contributed by atoms with Gasteiger partial charge < -0.3 is 10.6 Å². The molecule has 0 aromatic carbocycles. The predicted octanol–water partition coefficient (Wildman–Crippen LogP) is 2.10. The Morgan fingerprint density at radius 2 is 1.96 bits per heavy atom. The van der Waals surface area contributed by atoms with Crippen LogP contribution in [0.5, 0.6) is 0 Å². The lowest BCUT2D eigenvalue weighted by molar-refractivity contribution is 0.445. The first kappa shape index (κ1) is 21.0. The predicted molar refractivity (Wildman–Crippen MR) is 102 cm³/mol. The molecule has 0 aliphatic heterocycles. The number of guanidine groups is 1. The van der Waals surface area contributed by atoms with E-state index < -0.39 is 10.0 Å². The Hall–Kier alpha value is -1.08. The minimum Gasteiger partial charge on any atom is -0.357 e. The van der Waals surface area contributed by atoms with Crippen molar-refractivity contribution < 1.29 is 8.42 Å². The molecule has 0 atom stereocenters. The zero-order chi connectivity index (χ0) is 17.8. The molecule has 1 aliphatic rings. The zero-order valence-electron chi connectivity index (χ0n) is 15.5. The van der Waals surface area contributed by atoms with Crippen LogP contribution in [0.4, 0.5) is 0 Å². The Kier molecular flexibility index (Phi) is 10.0.